The molecule has 124 valence electrons. The summed E-state index contributed by atoms with van der Waals surface area (Å²) in [5.41, 5.74) is 0.622. The number of thioether (sulfide) groups is 2. The number of hydrogen-bond donors (Lipinski definition) is 1. The van der Waals surface area contributed by atoms with Gasteiger partial charge in [-0.15, -0.1) is 10.2 Å². The van der Waals surface area contributed by atoms with Gasteiger partial charge in [0.1, 0.15) is 0 Å². The first kappa shape index (κ1) is 18.6. The molecule has 2 rings (SSSR count). The largest absolute Gasteiger partial charge is 0.324 e. The Kier molecular flexibility index (Phi) is 7.20. The van der Waals surface area contributed by atoms with Crippen LogP contribution in [-0.2, 0) is 4.79 Å². The van der Waals surface area contributed by atoms with Gasteiger partial charge in [-0.3, -0.25) is 4.79 Å². The summed E-state index contributed by atoms with van der Waals surface area (Å²) in [4.78, 5) is 12.3. The van der Waals surface area contributed by atoms with Gasteiger partial charge in [-0.2, -0.15) is 0 Å². The van der Waals surface area contributed by atoms with Gasteiger partial charge in [0.15, 0.2) is 8.68 Å². The van der Waals surface area contributed by atoms with Crippen LogP contribution in [-0.4, -0.2) is 27.1 Å². The molecule has 0 spiro atoms. The second-order valence-electron chi connectivity index (χ2n) is 5.27. The van der Waals surface area contributed by atoms with Crippen LogP contribution in [0.25, 0.3) is 0 Å². The van der Waals surface area contributed by atoms with Crippen LogP contribution in [0.15, 0.2) is 32.9 Å². The average Bonchev–Trinajstić information content (AvgIpc) is 2.95. The van der Waals surface area contributed by atoms with Gasteiger partial charge in [0.25, 0.3) is 0 Å². The first-order valence-corrected chi connectivity index (χ1v) is 10.2. The number of hydrogen-bond acceptors (Lipinski definition) is 6. The Hall–Kier alpha value is -0.760. The molecular weight excluding hydrogens is 370 g/mol. The average molecular weight is 388 g/mol. The number of para-hydroxylation sites is 1. The van der Waals surface area contributed by atoms with Crippen molar-refractivity contribution in [2.75, 3.05) is 11.1 Å². The molecule has 0 aliphatic heterocycles. The van der Waals surface area contributed by atoms with E-state index in [2.05, 4.69) is 29.4 Å². The van der Waals surface area contributed by atoms with Gasteiger partial charge >= 0.3 is 0 Å². The molecule has 0 fully saturated rings. The van der Waals surface area contributed by atoms with Crippen molar-refractivity contribution in [3.8, 4) is 0 Å². The van der Waals surface area contributed by atoms with E-state index in [0.717, 1.165) is 14.4 Å². The highest BCUT2D eigenvalue weighted by Crippen LogP contribution is 2.32. The van der Waals surface area contributed by atoms with Crippen molar-refractivity contribution in [2.45, 2.75) is 34.7 Å². The van der Waals surface area contributed by atoms with Gasteiger partial charge in [-0.25, -0.2) is 0 Å². The third-order valence-electron chi connectivity index (χ3n) is 2.71. The third-order valence-corrected chi connectivity index (χ3v) is 6.70. The predicted molar refractivity (Wildman–Crippen MR) is 101 cm³/mol. The molecule has 0 saturated carbocycles. The summed E-state index contributed by atoms with van der Waals surface area (Å²) < 4.78 is 1.75. The number of nitrogens with zero attached hydrogens (tertiary/aromatic N) is 2. The number of carbonyl (C=O) groups excluding carboxylic acids is 1. The lowest BCUT2D eigenvalue weighted by Gasteiger charge is -2.11. The van der Waals surface area contributed by atoms with Crippen molar-refractivity contribution in [3.05, 3.63) is 29.3 Å². The topological polar surface area (TPSA) is 54.9 Å². The van der Waals surface area contributed by atoms with Crippen molar-refractivity contribution in [1.29, 1.82) is 0 Å². The summed E-state index contributed by atoms with van der Waals surface area (Å²) in [6, 6.07) is 7.19. The van der Waals surface area contributed by atoms with Crippen LogP contribution in [0.2, 0.25) is 5.02 Å². The first-order chi connectivity index (χ1) is 11.0. The first-order valence-electron chi connectivity index (χ1n) is 7.14. The van der Waals surface area contributed by atoms with Crippen molar-refractivity contribution >= 4 is 58.1 Å². The van der Waals surface area contributed by atoms with Gasteiger partial charge in [0.05, 0.1) is 16.0 Å². The number of nitrogens with one attached hydrogen (secondary N) is 1. The second kappa shape index (κ2) is 8.92. The highest BCUT2D eigenvalue weighted by Gasteiger charge is 2.18. The summed E-state index contributed by atoms with van der Waals surface area (Å²) in [6.07, 6.45) is 0. The number of benzene rings is 1. The maximum atomic E-state index is 12.3. The van der Waals surface area contributed by atoms with Gasteiger partial charge in [-0.05, 0) is 25.0 Å². The Balaban J connectivity index is 1.90. The maximum Gasteiger partial charge on any atom is 0.237 e. The lowest BCUT2D eigenvalue weighted by molar-refractivity contribution is -0.115. The number of halogens is 1. The third kappa shape index (κ3) is 5.99. The van der Waals surface area contributed by atoms with E-state index in [1.165, 1.54) is 23.1 Å². The Morgan fingerprint density at radius 1 is 1.26 bits per heavy atom. The molecule has 4 nitrogen and oxygen atoms in total. The summed E-state index contributed by atoms with van der Waals surface area (Å²) >= 11 is 10.7. The van der Waals surface area contributed by atoms with E-state index in [1.54, 1.807) is 23.9 Å². The van der Waals surface area contributed by atoms with Crippen molar-refractivity contribution in [3.63, 3.8) is 0 Å². The van der Waals surface area contributed by atoms with E-state index in [4.69, 9.17) is 11.6 Å². The molecule has 0 aliphatic rings. The van der Waals surface area contributed by atoms with E-state index < -0.39 is 0 Å². The van der Waals surface area contributed by atoms with Crippen LogP contribution in [0.5, 0.6) is 0 Å². The second-order valence-corrected chi connectivity index (χ2v) is 9.51. The molecule has 8 heteroatoms. The zero-order valence-corrected chi connectivity index (χ0v) is 16.3. The number of rotatable bonds is 7. The monoisotopic (exact) mass is 387 g/mol. The zero-order chi connectivity index (χ0) is 16.8. The van der Waals surface area contributed by atoms with Crippen molar-refractivity contribution < 1.29 is 4.79 Å². The quantitative estimate of drug-likeness (QED) is 0.673. The fraction of sp³-hybridized carbons (Fsp3) is 0.400. The standard InChI is InChI=1S/C15H18ClN3OS3/c1-9(2)8-21-14-18-19-15(23-14)22-10(3)13(20)17-12-7-5-4-6-11(12)16/h4-7,9-10H,8H2,1-3H3,(H,17,20)/t10-/m0/s1. The molecule has 0 saturated heterocycles. The van der Waals surface area contributed by atoms with Crippen molar-refractivity contribution in [2.24, 2.45) is 5.92 Å². The van der Waals surface area contributed by atoms with E-state index in [1.807, 2.05) is 19.1 Å². The highest BCUT2D eigenvalue weighted by atomic mass is 35.5. The summed E-state index contributed by atoms with van der Waals surface area (Å²) in [5, 5.41) is 11.4. The smallest absolute Gasteiger partial charge is 0.237 e. The molecule has 1 amide bonds. The van der Waals surface area contributed by atoms with Crippen LogP contribution in [0.3, 0.4) is 0 Å². The zero-order valence-electron chi connectivity index (χ0n) is 13.1. The van der Waals surface area contributed by atoms with Crippen LogP contribution in [0.1, 0.15) is 20.8 Å². The van der Waals surface area contributed by atoms with Gasteiger partial charge in [0, 0.05) is 5.75 Å². The summed E-state index contributed by atoms with van der Waals surface area (Å²) in [6.45, 7) is 6.19. The lowest BCUT2D eigenvalue weighted by Crippen LogP contribution is -2.22. The molecule has 23 heavy (non-hydrogen) atoms. The van der Waals surface area contributed by atoms with Crippen molar-refractivity contribution in [1.82, 2.24) is 10.2 Å². The Labute approximate surface area is 153 Å². The number of anilines is 1. The van der Waals surface area contributed by atoms with Crippen LogP contribution >= 0.6 is 46.5 Å². The Morgan fingerprint density at radius 3 is 2.65 bits per heavy atom. The maximum absolute atomic E-state index is 12.3. The van der Waals surface area contributed by atoms with Gasteiger partial charge in [0.2, 0.25) is 5.91 Å². The Morgan fingerprint density at radius 2 is 1.96 bits per heavy atom. The minimum atomic E-state index is -0.276. The predicted octanol–water partition coefficient (Wildman–Crippen LogP) is 5.06. The normalized spacial score (nSPS) is 12.4. The molecule has 1 aromatic heterocycles. The highest BCUT2D eigenvalue weighted by molar-refractivity contribution is 8.03. The van der Waals surface area contributed by atoms with E-state index in [9.17, 15) is 4.79 Å². The summed E-state index contributed by atoms with van der Waals surface area (Å²) in [7, 11) is 0. The van der Waals surface area contributed by atoms with Crippen LogP contribution in [0.4, 0.5) is 5.69 Å². The van der Waals surface area contributed by atoms with E-state index >= 15 is 0 Å². The van der Waals surface area contributed by atoms with E-state index in [0.29, 0.717) is 16.6 Å². The molecule has 1 atom stereocenters. The van der Waals surface area contributed by atoms with Crippen LogP contribution < -0.4 is 5.32 Å². The van der Waals surface area contributed by atoms with Gasteiger partial charge < -0.3 is 5.32 Å². The van der Waals surface area contributed by atoms with Crippen LogP contribution in [0, 0.1) is 5.92 Å². The molecule has 1 aromatic carbocycles. The van der Waals surface area contributed by atoms with Gasteiger partial charge in [-0.1, -0.05) is 72.4 Å². The minimum absolute atomic E-state index is 0.102. The Bertz CT molecular complexity index is 663. The molecule has 0 aliphatic carbocycles. The fourth-order valence-corrected chi connectivity index (χ4v) is 4.87. The molecule has 0 radical (unpaired) electrons. The molecule has 1 heterocycles. The molecule has 1 N–H and O–H groups in total. The number of carbonyl (C=O) groups is 1. The minimum Gasteiger partial charge on any atom is -0.324 e. The molecular formula is C15H18ClN3OS3. The fourth-order valence-electron chi connectivity index (χ4n) is 1.54. The van der Waals surface area contributed by atoms with E-state index in [-0.39, 0.29) is 11.2 Å². The molecule has 0 bridgehead atoms. The number of amides is 1. The number of aromatic nitrogens is 2. The molecule has 0 unspecified atom stereocenters. The SMILES string of the molecule is CC(C)CSc1nnc(S[C@@H](C)C(=O)Nc2ccccc2Cl)s1. The lowest BCUT2D eigenvalue weighted by atomic mass is 10.3. The molecule has 2 aromatic rings. The summed E-state index contributed by atoms with van der Waals surface area (Å²) in [5.74, 6) is 1.52.